The van der Waals surface area contributed by atoms with Crippen molar-refractivity contribution in [2.24, 2.45) is 25.9 Å². The molecule has 14 nitrogen and oxygen atoms in total. The van der Waals surface area contributed by atoms with Gasteiger partial charge in [0.25, 0.3) is 0 Å². The van der Waals surface area contributed by atoms with E-state index >= 15 is 0 Å². The van der Waals surface area contributed by atoms with Crippen LogP contribution in [0, 0.1) is 25.7 Å². The third-order valence-corrected chi connectivity index (χ3v) is 13.8. The summed E-state index contributed by atoms with van der Waals surface area (Å²) in [4.78, 5) is 44.1. The first-order chi connectivity index (χ1) is 34.9. The van der Waals surface area contributed by atoms with Crippen LogP contribution in [0.15, 0.2) is 159 Å². The van der Waals surface area contributed by atoms with Crippen molar-refractivity contribution in [2.45, 2.75) is 38.5 Å². The number of nitrogen functional groups attached to an aromatic ring is 2. The Bertz CT molecular complexity index is 3460. The third-order valence-electron chi connectivity index (χ3n) is 13.8. The van der Waals surface area contributed by atoms with Gasteiger partial charge >= 0.3 is 0 Å². The molecular weight excluding hydrogens is 897 g/mol. The van der Waals surface area contributed by atoms with Gasteiger partial charge in [0.05, 0.1) is 23.8 Å². The monoisotopic (exact) mass is 948 g/mol. The van der Waals surface area contributed by atoms with E-state index < -0.39 is 0 Å². The van der Waals surface area contributed by atoms with Crippen LogP contribution >= 0.6 is 0 Å². The van der Waals surface area contributed by atoms with Crippen LogP contribution in [0.4, 0.5) is 23.0 Å². The lowest BCUT2D eigenvalue weighted by atomic mass is 9.93. The third kappa shape index (κ3) is 9.13. The van der Waals surface area contributed by atoms with Gasteiger partial charge in [0.2, 0.25) is 11.8 Å². The number of nitrogens with zero attached hydrogens (tertiary/aromatic N) is 8. The van der Waals surface area contributed by atoms with E-state index in [0.29, 0.717) is 23.0 Å². The lowest BCUT2D eigenvalue weighted by molar-refractivity contribution is -0.118. The molecule has 14 heteroatoms. The van der Waals surface area contributed by atoms with E-state index in [-0.39, 0.29) is 35.5 Å². The summed E-state index contributed by atoms with van der Waals surface area (Å²) in [6, 6.07) is 36.2. The second-order valence-corrected chi connectivity index (χ2v) is 18.9. The Hall–Kier alpha value is -9.04. The van der Waals surface area contributed by atoms with E-state index in [0.717, 1.165) is 101 Å². The van der Waals surface area contributed by atoms with Gasteiger partial charge in [-0.15, -0.1) is 0 Å². The summed E-state index contributed by atoms with van der Waals surface area (Å²) in [5.74, 6) is 1.31. The minimum absolute atomic E-state index is 0.0192. The number of hydrogen-bond donors (Lipinski definition) is 4. The normalized spacial score (nSPS) is 16.7. The Morgan fingerprint density at radius 3 is 1.33 bits per heavy atom. The summed E-state index contributed by atoms with van der Waals surface area (Å²) in [5.41, 5.74) is 26.6. The van der Waals surface area contributed by atoms with Gasteiger partial charge in [-0.25, -0.2) is 9.97 Å². The van der Waals surface area contributed by atoms with E-state index in [4.69, 9.17) is 21.4 Å². The molecule has 356 valence electrons. The Kier molecular flexibility index (Phi) is 11.8. The molecule has 6 aromatic heterocycles. The number of carbonyl (C=O) groups is 2. The van der Waals surface area contributed by atoms with Crippen molar-refractivity contribution in [1.82, 2.24) is 39.5 Å². The van der Waals surface area contributed by atoms with Gasteiger partial charge in [-0.2, -0.15) is 10.2 Å². The topological polar surface area (TPSA) is 197 Å². The van der Waals surface area contributed by atoms with Crippen molar-refractivity contribution in [3.8, 4) is 44.8 Å². The van der Waals surface area contributed by atoms with Crippen LogP contribution in [0.25, 0.3) is 66.3 Å². The Morgan fingerprint density at radius 1 is 0.528 bits per heavy atom. The maximum absolute atomic E-state index is 12.9. The highest BCUT2D eigenvalue weighted by Crippen LogP contribution is 2.49. The molecule has 2 amide bonds. The molecular formula is C58H52N12O2. The number of hydrogen-bond acceptors (Lipinski definition) is 10. The van der Waals surface area contributed by atoms with Crippen LogP contribution in [0.1, 0.15) is 46.9 Å². The molecule has 0 radical (unpaired) electrons. The molecule has 0 saturated heterocycles. The lowest BCUT2D eigenvalue weighted by Crippen LogP contribution is -2.15. The zero-order valence-corrected chi connectivity index (χ0v) is 40.3. The Balaban J connectivity index is 0.000000156. The molecule has 72 heavy (non-hydrogen) atoms. The van der Waals surface area contributed by atoms with Crippen LogP contribution < -0.4 is 22.1 Å². The zero-order chi connectivity index (χ0) is 49.6. The summed E-state index contributed by atoms with van der Waals surface area (Å²) >= 11 is 0. The number of aromatic nitrogens is 8. The molecule has 0 unspecified atom stereocenters. The molecule has 2 saturated carbocycles. The van der Waals surface area contributed by atoms with Crippen molar-refractivity contribution < 1.29 is 9.59 Å². The minimum atomic E-state index is -0.0606. The van der Waals surface area contributed by atoms with Gasteiger partial charge in [-0.1, -0.05) is 60.7 Å². The number of benzene rings is 4. The average Bonchev–Trinajstić information content (AvgIpc) is 4.28. The van der Waals surface area contributed by atoms with Crippen LogP contribution in [-0.2, 0) is 23.7 Å². The number of fused-ring (bicyclic) bond motifs is 2. The Morgan fingerprint density at radius 2 is 0.944 bits per heavy atom. The quantitative estimate of drug-likeness (QED) is 0.0957. The number of pyridine rings is 4. The SMILES string of the molecule is Cc1ccnc(-c2ccccc2)c1-c1cc(N)c2cnc(NC(=O)[C@@H]3C[C@H]3c3cnn(C)c3)cc2c1.Cc1ccnc(-c2ccccc2)c1-c1cc(N)c2cnc(NC(=O)[C@H]3C[C@@H]3c3cnn(C)c3)cc2c1. The average molecular weight is 949 g/mol. The molecule has 6 heterocycles. The molecule has 0 spiro atoms. The first-order valence-electron chi connectivity index (χ1n) is 24.0. The zero-order valence-electron chi connectivity index (χ0n) is 40.3. The van der Waals surface area contributed by atoms with Gasteiger partial charge in [0.1, 0.15) is 11.6 Å². The van der Waals surface area contributed by atoms with Crippen molar-refractivity contribution in [2.75, 3.05) is 22.1 Å². The second-order valence-electron chi connectivity index (χ2n) is 18.9. The number of nitrogens with two attached hydrogens (primary N) is 2. The number of carbonyl (C=O) groups excluding carboxylic acids is 2. The minimum Gasteiger partial charge on any atom is -0.398 e. The summed E-state index contributed by atoms with van der Waals surface area (Å²) < 4.78 is 3.53. The molecule has 10 aromatic rings. The molecule has 12 rings (SSSR count). The molecule has 6 N–H and O–H groups in total. The van der Waals surface area contributed by atoms with Crippen molar-refractivity contribution in [3.63, 3.8) is 0 Å². The number of amides is 2. The standard InChI is InChI=1S/2C29H26N6O/c2*1-17-8-9-31-28(18-6-4-3-5-7-18)27(17)20-10-19-12-26(32-15-24(19)25(30)11-20)34-29(36)23-13-22(23)21-14-33-35(2)16-21/h2*3-12,14-16,22-23H,13,30H2,1-2H3,(H,32,34,36)/t2*22-,23+/m10/s1. The van der Waals surface area contributed by atoms with Crippen LogP contribution in [0.3, 0.4) is 0 Å². The molecule has 4 atom stereocenters. The van der Waals surface area contributed by atoms with Gasteiger partial charge in [0.15, 0.2) is 0 Å². The first kappa shape index (κ1) is 45.4. The predicted octanol–water partition coefficient (Wildman–Crippen LogP) is 10.7. The maximum Gasteiger partial charge on any atom is 0.229 e. The molecule has 2 aliphatic rings. The predicted molar refractivity (Wildman–Crippen MR) is 284 cm³/mol. The largest absolute Gasteiger partial charge is 0.398 e. The fourth-order valence-corrected chi connectivity index (χ4v) is 9.88. The molecule has 4 aromatic carbocycles. The van der Waals surface area contributed by atoms with Crippen molar-refractivity contribution >= 4 is 56.4 Å². The second kappa shape index (κ2) is 18.7. The fourth-order valence-electron chi connectivity index (χ4n) is 9.88. The van der Waals surface area contributed by atoms with E-state index in [1.165, 1.54) is 0 Å². The van der Waals surface area contributed by atoms with Crippen LogP contribution in [-0.4, -0.2) is 51.3 Å². The Labute approximate surface area is 416 Å². The maximum atomic E-state index is 12.9. The van der Waals surface area contributed by atoms with Crippen molar-refractivity contribution in [3.05, 3.63) is 181 Å². The van der Waals surface area contributed by atoms with Gasteiger partial charge in [0, 0.05) is 108 Å². The number of rotatable bonds is 10. The highest BCUT2D eigenvalue weighted by Gasteiger charge is 2.45. The highest BCUT2D eigenvalue weighted by molar-refractivity contribution is 6.03. The summed E-state index contributed by atoms with van der Waals surface area (Å²) in [6.07, 6.45) is 16.4. The first-order valence-corrected chi connectivity index (χ1v) is 24.0. The number of anilines is 4. The van der Waals surface area contributed by atoms with E-state index in [9.17, 15) is 9.59 Å². The van der Waals surface area contributed by atoms with Gasteiger partial charge < -0.3 is 22.1 Å². The lowest BCUT2D eigenvalue weighted by Gasteiger charge is -2.15. The van der Waals surface area contributed by atoms with E-state index in [2.05, 4.69) is 81.0 Å². The summed E-state index contributed by atoms with van der Waals surface area (Å²) in [5, 5.41) is 18.0. The molecule has 0 bridgehead atoms. The van der Waals surface area contributed by atoms with E-state index in [1.807, 2.05) is 124 Å². The summed E-state index contributed by atoms with van der Waals surface area (Å²) in [7, 11) is 3.77. The number of aryl methyl sites for hydroxylation is 4. The number of nitrogens with one attached hydrogen (secondary N) is 2. The van der Waals surface area contributed by atoms with Crippen LogP contribution in [0.5, 0.6) is 0 Å². The van der Waals surface area contributed by atoms with Crippen LogP contribution in [0.2, 0.25) is 0 Å². The van der Waals surface area contributed by atoms with Crippen molar-refractivity contribution in [1.29, 1.82) is 0 Å². The van der Waals surface area contributed by atoms with Gasteiger partial charge in [-0.3, -0.25) is 28.9 Å². The molecule has 2 aliphatic carbocycles. The smallest absolute Gasteiger partial charge is 0.229 e. The highest BCUT2D eigenvalue weighted by atomic mass is 16.2. The summed E-state index contributed by atoms with van der Waals surface area (Å²) in [6.45, 7) is 4.16. The van der Waals surface area contributed by atoms with E-state index in [1.54, 1.807) is 21.8 Å². The van der Waals surface area contributed by atoms with Gasteiger partial charge in [-0.05, 0) is 131 Å². The fraction of sp³-hybridized carbons (Fsp3) is 0.172. The molecule has 0 aliphatic heterocycles. The molecule has 2 fully saturated rings.